The first-order valence-electron chi connectivity index (χ1n) is 6.47. The van der Waals surface area contributed by atoms with Crippen LogP contribution in [0, 0.1) is 12.7 Å². The summed E-state index contributed by atoms with van der Waals surface area (Å²) >= 11 is 0. The van der Waals surface area contributed by atoms with Crippen LogP contribution in [0.5, 0.6) is 0 Å². The Labute approximate surface area is 123 Å². The quantitative estimate of drug-likeness (QED) is 0.812. The molecule has 6 heteroatoms. The minimum Gasteiger partial charge on any atom is -0.320 e. The molecule has 1 atom stereocenters. The maximum atomic E-state index is 13.9. The standard InChI is InChI=1S/C15H15FN2O2S/c1-9-7-14-11(8-12(9)16)15(17)10-5-3-4-6-13(10)18(2)21(14,19)20/h3-8,15H,17H2,1-2H3. The van der Waals surface area contributed by atoms with Crippen molar-refractivity contribution in [1.29, 1.82) is 0 Å². The number of fused-ring (bicyclic) bond motifs is 2. The summed E-state index contributed by atoms with van der Waals surface area (Å²) < 4.78 is 40.6. The van der Waals surface area contributed by atoms with Crippen molar-refractivity contribution in [2.45, 2.75) is 17.9 Å². The number of hydrogen-bond acceptors (Lipinski definition) is 3. The van der Waals surface area contributed by atoms with E-state index in [1.54, 1.807) is 24.3 Å². The summed E-state index contributed by atoms with van der Waals surface area (Å²) in [6, 6.07) is 8.88. The van der Waals surface area contributed by atoms with Crippen LogP contribution in [0.1, 0.15) is 22.7 Å². The molecule has 3 rings (SSSR count). The predicted molar refractivity (Wildman–Crippen MR) is 79.2 cm³/mol. The van der Waals surface area contributed by atoms with Gasteiger partial charge in [-0.05, 0) is 41.8 Å². The molecule has 110 valence electrons. The minimum absolute atomic E-state index is 0.0626. The van der Waals surface area contributed by atoms with Gasteiger partial charge in [-0.1, -0.05) is 18.2 Å². The van der Waals surface area contributed by atoms with E-state index >= 15 is 0 Å². The monoisotopic (exact) mass is 306 g/mol. The largest absolute Gasteiger partial charge is 0.320 e. The Balaban J connectivity index is 2.42. The van der Waals surface area contributed by atoms with Crippen LogP contribution < -0.4 is 10.0 Å². The van der Waals surface area contributed by atoms with E-state index in [1.165, 1.54) is 30.4 Å². The Morgan fingerprint density at radius 2 is 1.86 bits per heavy atom. The Hall–Kier alpha value is -1.92. The molecular formula is C15H15FN2O2S. The predicted octanol–water partition coefficient (Wildman–Crippen LogP) is 2.32. The maximum Gasteiger partial charge on any atom is 0.264 e. The van der Waals surface area contributed by atoms with Crippen LogP contribution in [0.2, 0.25) is 0 Å². The van der Waals surface area contributed by atoms with Gasteiger partial charge in [-0.25, -0.2) is 12.8 Å². The van der Waals surface area contributed by atoms with Crippen LogP contribution in [0.4, 0.5) is 10.1 Å². The molecule has 0 spiro atoms. The summed E-state index contributed by atoms with van der Waals surface area (Å²) in [6.07, 6.45) is 0. The zero-order valence-corrected chi connectivity index (χ0v) is 12.5. The summed E-state index contributed by atoms with van der Waals surface area (Å²) in [4.78, 5) is 0.0626. The molecule has 0 saturated heterocycles. The van der Waals surface area contributed by atoms with Crippen molar-refractivity contribution in [3.8, 4) is 0 Å². The van der Waals surface area contributed by atoms with Crippen LogP contribution in [0.15, 0.2) is 41.3 Å². The highest BCUT2D eigenvalue weighted by atomic mass is 32.2. The SMILES string of the molecule is Cc1cc2c(cc1F)C(N)c1ccccc1N(C)S2(=O)=O. The molecule has 0 radical (unpaired) electrons. The fourth-order valence-corrected chi connectivity index (χ4v) is 4.15. The molecule has 0 aliphatic carbocycles. The van der Waals surface area contributed by atoms with Crippen LogP contribution in [-0.4, -0.2) is 15.5 Å². The summed E-state index contributed by atoms with van der Waals surface area (Å²) in [7, 11) is -2.28. The van der Waals surface area contributed by atoms with Gasteiger partial charge >= 0.3 is 0 Å². The Morgan fingerprint density at radius 3 is 2.57 bits per heavy atom. The van der Waals surface area contributed by atoms with E-state index < -0.39 is 21.9 Å². The van der Waals surface area contributed by atoms with Crippen molar-refractivity contribution in [1.82, 2.24) is 0 Å². The first kappa shape index (κ1) is 14.0. The molecule has 1 heterocycles. The molecular weight excluding hydrogens is 291 g/mol. The number of hydrogen-bond donors (Lipinski definition) is 1. The van der Waals surface area contributed by atoms with Gasteiger partial charge in [0.15, 0.2) is 0 Å². The third-order valence-electron chi connectivity index (χ3n) is 3.88. The lowest BCUT2D eigenvalue weighted by atomic mass is 9.97. The normalized spacial score (nSPS) is 19.6. The molecule has 21 heavy (non-hydrogen) atoms. The molecule has 0 saturated carbocycles. The van der Waals surface area contributed by atoms with Gasteiger partial charge in [-0.15, -0.1) is 0 Å². The average Bonchev–Trinajstić information content (AvgIpc) is 2.52. The molecule has 0 amide bonds. The lowest BCUT2D eigenvalue weighted by Crippen LogP contribution is -2.26. The summed E-state index contributed by atoms with van der Waals surface area (Å²) in [5.41, 5.74) is 7.94. The van der Waals surface area contributed by atoms with Crippen molar-refractivity contribution in [2.24, 2.45) is 5.73 Å². The van der Waals surface area contributed by atoms with Crippen LogP contribution in [-0.2, 0) is 10.0 Å². The molecule has 0 aromatic heterocycles. The van der Waals surface area contributed by atoms with Gasteiger partial charge in [0, 0.05) is 7.05 Å². The fraction of sp³-hybridized carbons (Fsp3) is 0.200. The Kier molecular flexibility index (Phi) is 3.04. The third-order valence-corrected chi connectivity index (χ3v) is 5.70. The second kappa shape index (κ2) is 4.54. The van der Waals surface area contributed by atoms with Crippen molar-refractivity contribution < 1.29 is 12.8 Å². The van der Waals surface area contributed by atoms with E-state index in [2.05, 4.69) is 0 Å². The summed E-state index contributed by atoms with van der Waals surface area (Å²) in [5.74, 6) is -0.457. The van der Waals surface area contributed by atoms with Gasteiger partial charge < -0.3 is 5.73 Å². The van der Waals surface area contributed by atoms with Gasteiger partial charge in [-0.2, -0.15) is 0 Å². The van der Waals surface area contributed by atoms with Crippen molar-refractivity contribution in [3.63, 3.8) is 0 Å². The second-order valence-corrected chi connectivity index (χ2v) is 7.09. The Bertz CT molecular complexity index is 834. The van der Waals surface area contributed by atoms with Gasteiger partial charge in [0.2, 0.25) is 0 Å². The number of nitrogens with two attached hydrogens (primary N) is 1. The zero-order valence-electron chi connectivity index (χ0n) is 11.7. The van der Waals surface area contributed by atoms with Crippen LogP contribution >= 0.6 is 0 Å². The van der Waals surface area contributed by atoms with Gasteiger partial charge in [-0.3, -0.25) is 4.31 Å². The van der Waals surface area contributed by atoms with Crippen molar-refractivity contribution in [2.75, 3.05) is 11.4 Å². The molecule has 4 nitrogen and oxygen atoms in total. The molecule has 1 aliphatic heterocycles. The molecule has 2 aromatic rings. The number of halogens is 1. The van der Waals surface area contributed by atoms with Crippen molar-refractivity contribution in [3.05, 3.63) is 58.9 Å². The summed E-state index contributed by atoms with van der Waals surface area (Å²) in [6.45, 7) is 1.54. The first-order valence-corrected chi connectivity index (χ1v) is 7.91. The highest BCUT2D eigenvalue weighted by molar-refractivity contribution is 7.92. The van der Waals surface area contributed by atoms with E-state index in [1.807, 2.05) is 0 Å². The highest BCUT2D eigenvalue weighted by Crippen LogP contribution is 2.39. The number of nitrogens with zero attached hydrogens (tertiary/aromatic N) is 1. The smallest absolute Gasteiger partial charge is 0.264 e. The number of sulfonamides is 1. The fourth-order valence-electron chi connectivity index (χ4n) is 2.62. The number of benzene rings is 2. The van der Waals surface area contributed by atoms with Crippen LogP contribution in [0.25, 0.3) is 0 Å². The minimum atomic E-state index is -3.76. The molecule has 2 aromatic carbocycles. The molecule has 1 unspecified atom stereocenters. The topological polar surface area (TPSA) is 63.4 Å². The summed E-state index contributed by atoms with van der Waals surface area (Å²) in [5, 5.41) is 0. The lowest BCUT2D eigenvalue weighted by molar-refractivity contribution is 0.590. The first-order chi connectivity index (χ1) is 9.84. The number of rotatable bonds is 0. The van der Waals surface area contributed by atoms with Gasteiger partial charge in [0.05, 0.1) is 16.6 Å². The highest BCUT2D eigenvalue weighted by Gasteiger charge is 2.34. The second-order valence-electron chi connectivity index (χ2n) is 5.15. The molecule has 0 bridgehead atoms. The maximum absolute atomic E-state index is 13.9. The van der Waals surface area contributed by atoms with E-state index in [9.17, 15) is 12.8 Å². The van der Waals surface area contributed by atoms with Gasteiger partial charge in [0.1, 0.15) is 5.82 Å². The van der Waals surface area contributed by atoms with Crippen LogP contribution in [0.3, 0.4) is 0 Å². The lowest BCUT2D eigenvalue weighted by Gasteiger charge is -2.19. The van der Waals surface area contributed by atoms with Crippen molar-refractivity contribution >= 4 is 15.7 Å². The molecule has 2 N–H and O–H groups in total. The Morgan fingerprint density at radius 1 is 1.19 bits per heavy atom. The third kappa shape index (κ3) is 1.94. The van der Waals surface area contributed by atoms with Gasteiger partial charge in [0.25, 0.3) is 10.0 Å². The molecule has 0 fully saturated rings. The molecule has 1 aliphatic rings. The number of para-hydroxylation sites is 1. The average molecular weight is 306 g/mol. The number of aryl methyl sites for hydroxylation is 1. The van der Waals surface area contributed by atoms with E-state index in [0.29, 0.717) is 11.3 Å². The zero-order chi connectivity index (χ0) is 15.4. The van der Waals surface area contributed by atoms with E-state index in [4.69, 9.17) is 5.73 Å². The van der Waals surface area contributed by atoms with E-state index in [0.717, 1.165) is 0 Å². The number of anilines is 1. The van der Waals surface area contributed by atoms with E-state index in [-0.39, 0.29) is 16.0 Å².